The number of benzene rings is 3. The first-order valence-corrected chi connectivity index (χ1v) is 22.7. The van der Waals surface area contributed by atoms with Crippen LogP contribution in [0.4, 0.5) is 21.6 Å². The lowest BCUT2D eigenvalue weighted by molar-refractivity contribution is -0.136. The highest BCUT2D eigenvalue weighted by molar-refractivity contribution is 14.1. The number of ether oxygens (including phenoxy) is 4. The number of pyridine rings is 1. The Labute approximate surface area is 381 Å². The molecule has 6 rings (SSSR count). The summed E-state index contributed by atoms with van der Waals surface area (Å²) in [7, 11) is -2.68. The number of carbonyl (C=O) groups excluding carboxylic acids is 5. The van der Waals surface area contributed by atoms with Crippen molar-refractivity contribution < 1.29 is 55.7 Å². The SMILES string of the molecule is Cc1cc(NS(=O)(=O)c2ccc(CCC(=O)NCCOCCOCCOCCOc3cccc4c3C(=O)N(C3CCC(=O)NC3=O)C4=O)cc2)c(Nc2ccc(I)cc2F)n(C)c1=O. The van der Waals surface area contributed by atoms with Crippen LogP contribution in [0.2, 0.25) is 0 Å². The third-order valence-corrected chi connectivity index (χ3v) is 12.2. The van der Waals surface area contributed by atoms with Crippen molar-refractivity contribution in [2.24, 2.45) is 7.05 Å². The number of aryl methyl sites for hydroxylation is 2. The van der Waals surface area contributed by atoms with Crippen molar-refractivity contribution in [1.82, 2.24) is 20.1 Å². The van der Waals surface area contributed by atoms with Crippen LogP contribution in [0, 0.1) is 16.3 Å². The van der Waals surface area contributed by atoms with Crippen molar-refractivity contribution in [1.29, 1.82) is 0 Å². The Morgan fingerprint density at radius 1 is 0.875 bits per heavy atom. The summed E-state index contributed by atoms with van der Waals surface area (Å²) in [6, 6.07) is 15.5. The highest BCUT2D eigenvalue weighted by atomic mass is 127. The normalized spacial score (nSPS) is 14.9. The lowest BCUT2D eigenvalue weighted by atomic mass is 10.0. The Bertz CT molecular complexity index is 2590. The molecule has 0 saturated carbocycles. The Kier molecular flexibility index (Phi) is 16.2. The van der Waals surface area contributed by atoms with Gasteiger partial charge in [-0.05, 0) is 96.5 Å². The molecule has 1 aromatic heterocycles. The standard InChI is InChI=1S/C43H46FIN6O12S/c1-26-24-33(39(50(2)41(26)55)47-32-12-9-28(45)25-31(32)44)49-64(58,59)29-10-6-27(7-11-29)8-14-36(52)46-16-17-60-18-19-61-20-21-62-22-23-63-35-5-3-4-30-38(35)43(57)51(42(30)56)34-13-15-37(53)48-40(34)54/h3-7,9-12,24-25,34,47,49H,8,13-23H2,1-2H3,(H,46,52)(H,48,53,54). The monoisotopic (exact) mass is 1020 g/mol. The molecule has 0 bridgehead atoms. The third-order valence-electron chi connectivity index (χ3n) is 10.1. The number of sulfonamides is 1. The first kappa shape index (κ1) is 47.7. The van der Waals surface area contributed by atoms with Gasteiger partial charge >= 0.3 is 0 Å². The summed E-state index contributed by atoms with van der Waals surface area (Å²) in [6.07, 6.45) is 0.599. The maximum absolute atomic E-state index is 14.7. The number of piperidine rings is 1. The Morgan fingerprint density at radius 3 is 2.25 bits per heavy atom. The van der Waals surface area contributed by atoms with E-state index >= 15 is 0 Å². The van der Waals surface area contributed by atoms with Crippen LogP contribution < -0.4 is 31.0 Å². The second-order valence-corrected chi connectivity index (χ2v) is 17.5. The molecule has 1 fully saturated rings. The number of fused-ring (bicyclic) bond motifs is 1. The van der Waals surface area contributed by atoms with E-state index in [0.29, 0.717) is 16.6 Å². The molecule has 2 aliphatic heterocycles. The second kappa shape index (κ2) is 21.8. The van der Waals surface area contributed by atoms with Crippen molar-refractivity contribution in [3.05, 3.63) is 109 Å². The molecular weight excluding hydrogens is 970 g/mol. The molecule has 1 unspecified atom stereocenters. The molecule has 1 saturated heterocycles. The van der Waals surface area contributed by atoms with E-state index < -0.39 is 45.5 Å². The van der Waals surface area contributed by atoms with Gasteiger partial charge in [-0.3, -0.25) is 48.3 Å². The Hall–Kier alpha value is -5.75. The summed E-state index contributed by atoms with van der Waals surface area (Å²) in [5.41, 5.74) is 0.939. The van der Waals surface area contributed by atoms with E-state index in [-0.39, 0.29) is 121 Å². The van der Waals surface area contributed by atoms with E-state index in [1.807, 2.05) is 22.6 Å². The minimum absolute atomic E-state index is 0.0235. The van der Waals surface area contributed by atoms with E-state index in [1.54, 1.807) is 37.3 Å². The van der Waals surface area contributed by atoms with E-state index in [2.05, 4.69) is 20.7 Å². The number of amides is 5. The van der Waals surface area contributed by atoms with Crippen LogP contribution in [0.3, 0.4) is 0 Å². The number of carbonyl (C=O) groups is 5. The second-order valence-electron chi connectivity index (χ2n) is 14.6. The van der Waals surface area contributed by atoms with E-state index in [9.17, 15) is 41.6 Å². The van der Waals surface area contributed by atoms with Gasteiger partial charge in [0.15, 0.2) is 0 Å². The number of anilines is 3. The largest absolute Gasteiger partial charge is 0.490 e. The van der Waals surface area contributed by atoms with Gasteiger partial charge in [0.2, 0.25) is 17.7 Å². The average molecular weight is 1020 g/mol. The topological polar surface area (TPSA) is 230 Å². The maximum atomic E-state index is 14.7. The van der Waals surface area contributed by atoms with Gasteiger partial charge in [0.25, 0.3) is 27.4 Å². The Balaban J connectivity index is 0.826. The maximum Gasteiger partial charge on any atom is 0.266 e. The Morgan fingerprint density at radius 2 is 1.56 bits per heavy atom. The zero-order valence-electron chi connectivity index (χ0n) is 34.9. The lowest BCUT2D eigenvalue weighted by Crippen LogP contribution is -2.54. The van der Waals surface area contributed by atoms with Crippen LogP contribution in [0.1, 0.15) is 51.1 Å². The molecular formula is C43H46FIN6O12S. The molecule has 0 radical (unpaired) electrons. The van der Waals surface area contributed by atoms with Crippen LogP contribution in [0.5, 0.6) is 5.75 Å². The van der Waals surface area contributed by atoms with Crippen LogP contribution >= 0.6 is 22.6 Å². The lowest BCUT2D eigenvalue weighted by Gasteiger charge is -2.27. The first-order chi connectivity index (χ1) is 30.6. The van der Waals surface area contributed by atoms with Crippen LogP contribution in [-0.4, -0.2) is 106 Å². The molecule has 18 nitrogen and oxygen atoms in total. The van der Waals surface area contributed by atoms with E-state index in [1.165, 1.54) is 48.0 Å². The molecule has 3 heterocycles. The van der Waals surface area contributed by atoms with Crippen LogP contribution in [0.15, 0.2) is 76.4 Å². The number of hydrogen-bond acceptors (Lipinski definition) is 13. The number of rotatable bonds is 22. The first-order valence-electron chi connectivity index (χ1n) is 20.2. The van der Waals surface area contributed by atoms with Crippen molar-refractivity contribution in [2.45, 2.75) is 43.5 Å². The molecule has 4 aromatic rings. The van der Waals surface area contributed by atoms with Gasteiger partial charge in [0, 0.05) is 35.6 Å². The van der Waals surface area contributed by atoms with E-state index in [0.717, 1.165) is 10.5 Å². The fourth-order valence-corrected chi connectivity index (χ4v) is 8.36. The number of nitrogens with zero attached hydrogens (tertiary/aromatic N) is 2. The number of halogens is 2. The van der Waals surface area contributed by atoms with Crippen molar-refractivity contribution in [3.8, 4) is 5.75 Å². The smallest absolute Gasteiger partial charge is 0.266 e. The van der Waals surface area contributed by atoms with Crippen LogP contribution in [-0.2, 0) is 52.1 Å². The summed E-state index contributed by atoms with van der Waals surface area (Å²) in [6.45, 7) is 3.46. The molecule has 2 aliphatic rings. The average Bonchev–Trinajstić information content (AvgIpc) is 3.51. The van der Waals surface area contributed by atoms with Gasteiger partial charge < -0.3 is 29.6 Å². The number of imide groups is 2. The van der Waals surface area contributed by atoms with Crippen molar-refractivity contribution >= 4 is 79.3 Å². The summed E-state index contributed by atoms with van der Waals surface area (Å²) < 4.78 is 68.1. The highest BCUT2D eigenvalue weighted by Crippen LogP contribution is 2.34. The number of hydrogen-bond donors (Lipinski definition) is 4. The van der Waals surface area contributed by atoms with Gasteiger partial charge in [0.05, 0.1) is 67.0 Å². The fourth-order valence-electron chi connectivity index (χ4n) is 6.85. The molecule has 1 atom stereocenters. The molecule has 4 N–H and O–H groups in total. The highest BCUT2D eigenvalue weighted by Gasteiger charge is 2.46. The quantitative estimate of drug-likeness (QED) is 0.0502. The minimum atomic E-state index is -4.13. The molecule has 340 valence electrons. The molecule has 0 aliphatic carbocycles. The molecule has 3 aromatic carbocycles. The summed E-state index contributed by atoms with van der Waals surface area (Å²) >= 11 is 1.97. The zero-order valence-corrected chi connectivity index (χ0v) is 37.8. The molecule has 64 heavy (non-hydrogen) atoms. The van der Waals surface area contributed by atoms with E-state index in [4.69, 9.17) is 18.9 Å². The van der Waals surface area contributed by atoms with Gasteiger partial charge in [0.1, 0.15) is 30.0 Å². The van der Waals surface area contributed by atoms with Crippen molar-refractivity contribution in [2.75, 3.05) is 62.8 Å². The molecule has 21 heteroatoms. The minimum Gasteiger partial charge on any atom is -0.490 e. The summed E-state index contributed by atoms with van der Waals surface area (Å²) in [4.78, 5) is 76.0. The zero-order chi connectivity index (χ0) is 46.0. The molecule has 5 amide bonds. The number of nitrogens with one attached hydrogen (secondary N) is 4. The van der Waals surface area contributed by atoms with Gasteiger partial charge in [-0.15, -0.1) is 0 Å². The van der Waals surface area contributed by atoms with Crippen LogP contribution in [0.25, 0.3) is 0 Å². The van der Waals surface area contributed by atoms with Crippen molar-refractivity contribution in [3.63, 3.8) is 0 Å². The van der Waals surface area contributed by atoms with Gasteiger partial charge in [-0.1, -0.05) is 18.2 Å². The summed E-state index contributed by atoms with van der Waals surface area (Å²) in [5.74, 6) is -2.95. The predicted molar refractivity (Wildman–Crippen MR) is 238 cm³/mol. The summed E-state index contributed by atoms with van der Waals surface area (Å²) in [5, 5.41) is 7.79. The molecule has 0 spiro atoms. The number of aromatic nitrogens is 1. The van der Waals surface area contributed by atoms with Gasteiger partial charge in [-0.2, -0.15) is 0 Å². The predicted octanol–water partition coefficient (Wildman–Crippen LogP) is 3.56. The van der Waals surface area contributed by atoms with Gasteiger partial charge in [-0.25, -0.2) is 12.8 Å². The third kappa shape index (κ3) is 11.9. The fraction of sp³-hybridized carbons (Fsp3) is 0.349.